The number of pyridine rings is 1. The van der Waals surface area contributed by atoms with Gasteiger partial charge in [-0.15, -0.1) is 0 Å². The standard InChI is InChI=1S/C19H20N2O2/c1-21-12-16(10-14-5-7-17(23-2)8-6-14)19(22)18(13-21)15-4-3-9-20-11-15/h3-11,18H,12-13H2,1-2H3. The van der Waals surface area contributed by atoms with E-state index < -0.39 is 0 Å². The number of Topliss-reactive ketones (excluding diaryl/α,β-unsaturated/α-hetero) is 1. The van der Waals surface area contributed by atoms with Crippen LogP contribution in [0.4, 0.5) is 0 Å². The Morgan fingerprint density at radius 3 is 2.70 bits per heavy atom. The van der Waals surface area contributed by atoms with E-state index in [0.29, 0.717) is 6.54 Å². The average molecular weight is 308 g/mol. The number of carbonyl (C=O) groups is 1. The summed E-state index contributed by atoms with van der Waals surface area (Å²) in [5.41, 5.74) is 2.82. The van der Waals surface area contributed by atoms with Gasteiger partial charge in [0, 0.05) is 31.1 Å². The molecule has 0 saturated carbocycles. The third-order valence-electron chi connectivity index (χ3n) is 4.11. The zero-order chi connectivity index (χ0) is 16.2. The van der Waals surface area contributed by atoms with Crippen molar-refractivity contribution < 1.29 is 9.53 Å². The summed E-state index contributed by atoms with van der Waals surface area (Å²) in [6, 6.07) is 11.6. The first-order valence-electron chi connectivity index (χ1n) is 7.64. The van der Waals surface area contributed by atoms with E-state index in [1.807, 2.05) is 49.5 Å². The monoisotopic (exact) mass is 308 g/mol. The van der Waals surface area contributed by atoms with Gasteiger partial charge in [-0.3, -0.25) is 9.78 Å². The van der Waals surface area contributed by atoms with Crippen molar-refractivity contribution in [1.29, 1.82) is 0 Å². The normalized spacial score (nSPS) is 20.7. The van der Waals surface area contributed by atoms with Crippen molar-refractivity contribution in [2.24, 2.45) is 0 Å². The first-order valence-corrected chi connectivity index (χ1v) is 7.64. The topological polar surface area (TPSA) is 42.4 Å². The summed E-state index contributed by atoms with van der Waals surface area (Å²) in [6.07, 6.45) is 5.49. The van der Waals surface area contributed by atoms with Crippen molar-refractivity contribution in [3.05, 3.63) is 65.5 Å². The Hall–Kier alpha value is -2.46. The molecule has 2 heterocycles. The number of nitrogens with zero attached hydrogens (tertiary/aromatic N) is 2. The highest BCUT2D eigenvalue weighted by molar-refractivity contribution is 6.05. The van der Waals surface area contributed by atoms with E-state index in [0.717, 1.165) is 29.0 Å². The third-order valence-corrected chi connectivity index (χ3v) is 4.11. The first kappa shape index (κ1) is 15.4. The smallest absolute Gasteiger partial charge is 0.168 e. The minimum Gasteiger partial charge on any atom is -0.497 e. The van der Waals surface area contributed by atoms with Crippen LogP contribution >= 0.6 is 0 Å². The van der Waals surface area contributed by atoms with Crippen molar-refractivity contribution >= 4 is 11.9 Å². The molecule has 0 amide bonds. The van der Waals surface area contributed by atoms with Crippen LogP contribution < -0.4 is 4.74 Å². The molecule has 4 heteroatoms. The summed E-state index contributed by atoms with van der Waals surface area (Å²) in [4.78, 5) is 19.2. The van der Waals surface area contributed by atoms with E-state index >= 15 is 0 Å². The summed E-state index contributed by atoms with van der Waals surface area (Å²) < 4.78 is 5.17. The lowest BCUT2D eigenvalue weighted by Gasteiger charge is -2.30. The molecule has 2 aromatic rings. The second kappa shape index (κ2) is 6.75. The van der Waals surface area contributed by atoms with Crippen LogP contribution in [0.2, 0.25) is 0 Å². The number of ether oxygens (including phenoxy) is 1. The zero-order valence-corrected chi connectivity index (χ0v) is 13.4. The van der Waals surface area contributed by atoms with Gasteiger partial charge in [0.2, 0.25) is 0 Å². The molecule has 1 atom stereocenters. The fourth-order valence-corrected chi connectivity index (χ4v) is 2.91. The Balaban J connectivity index is 1.88. The second-order valence-corrected chi connectivity index (χ2v) is 5.84. The second-order valence-electron chi connectivity index (χ2n) is 5.84. The van der Waals surface area contributed by atoms with Crippen molar-refractivity contribution in [3.63, 3.8) is 0 Å². The van der Waals surface area contributed by atoms with Gasteiger partial charge in [-0.25, -0.2) is 0 Å². The Bertz CT molecular complexity index is 708. The molecule has 0 radical (unpaired) electrons. The number of ketones is 1. The number of likely N-dealkylation sites (tertiary alicyclic amines) is 1. The molecule has 1 saturated heterocycles. The van der Waals surface area contributed by atoms with Crippen LogP contribution in [0.1, 0.15) is 17.0 Å². The highest BCUT2D eigenvalue weighted by atomic mass is 16.5. The van der Waals surface area contributed by atoms with Crippen molar-refractivity contribution in [2.45, 2.75) is 5.92 Å². The van der Waals surface area contributed by atoms with Gasteiger partial charge in [0.1, 0.15) is 5.75 Å². The van der Waals surface area contributed by atoms with Gasteiger partial charge in [0.05, 0.1) is 13.0 Å². The Morgan fingerprint density at radius 2 is 2.04 bits per heavy atom. The van der Waals surface area contributed by atoms with Crippen LogP contribution in [0.25, 0.3) is 6.08 Å². The molecule has 0 aliphatic carbocycles. The Kier molecular flexibility index (Phi) is 4.53. The van der Waals surface area contributed by atoms with Crippen molar-refractivity contribution in [1.82, 2.24) is 9.88 Å². The predicted molar refractivity (Wildman–Crippen MR) is 90.5 cm³/mol. The van der Waals surface area contributed by atoms with Crippen LogP contribution in [-0.2, 0) is 4.79 Å². The van der Waals surface area contributed by atoms with Gasteiger partial charge in [-0.05, 0) is 42.4 Å². The number of hydrogen-bond acceptors (Lipinski definition) is 4. The van der Waals surface area contributed by atoms with Crippen LogP contribution in [0.5, 0.6) is 5.75 Å². The summed E-state index contributed by atoms with van der Waals surface area (Å²) in [6.45, 7) is 1.39. The molecule has 118 valence electrons. The largest absolute Gasteiger partial charge is 0.497 e. The Morgan fingerprint density at radius 1 is 1.26 bits per heavy atom. The first-order chi connectivity index (χ1) is 11.2. The fraction of sp³-hybridized carbons (Fsp3) is 0.263. The molecule has 1 fully saturated rings. The number of methoxy groups -OCH3 is 1. The minimum absolute atomic E-state index is 0.146. The van der Waals surface area contributed by atoms with Gasteiger partial charge < -0.3 is 9.64 Å². The van der Waals surface area contributed by atoms with E-state index in [1.165, 1.54) is 0 Å². The summed E-state index contributed by atoms with van der Waals surface area (Å²) in [5.74, 6) is 0.853. The SMILES string of the molecule is COc1ccc(C=C2CN(C)CC(c3cccnc3)C2=O)cc1. The summed E-state index contributed by atoms with van der Waals surface area (Å²) in [7, 11) is 3.68. The molecule has 23 heavy (non-hydrogen) atoms. The molecule has 1 aliphatic heterocycles. The number of piperidine rings is 1. The molecule has 1 aromatic heterocycles. The lowest BCUT2D eigenvalue weighted by molar-refractivity contribution is -0.118. The van der Waals surface area contributed by atoms with E-state index in [4.69, 9.17) is 4.74 Å². The van der Waals surface area contributed by atoms with Crippen LogP contribution in [-0.4, -0.2) is 42.9 Å². The van der Waals surface area contributed by atoms with Crippen LogP contribution in [0, 0.1) is 0 Å². The molecule has 0 N–H and O–H groups in total. The number of benzene rings is 1. The maximum absolute atomic E-state index is 12.9. The number of aromatic nitrogens is 1. The molecular formula is C19H20N2O2. The van der Waals surface area contributed by atoms with Crippen molar-refractivity contribution in [2.75, 3.05) is 27.2 Å². The lowest BCUT2D eigenvalue weighted by atomic mass is 9.87. The quantitative estimate of drug-likeness (QED) is 0.818. The number of rotatable bonds is 3. The summed E-state index contributed by atoms with van der Waals surface area (Å²) in [5, 5.41) is 0. The predicted octanol–water partition coefficient (Wildman–Crippen LogP) is 2.77. The van der Waals surface area contributed by atoms with Crippen molar-refractivity contribution in [3.8, 4) is 5.75 Å². The molecule has 1 aliphatic rings. The zero-order valence-electron chi connectivity index (χ0n) is 13.4. The molecule has 0 bridgehead atoms. The van der Waals surface area contributed by atoms with E-state index in [9.17, 15) is 4.79 Å². The third kappa shape index (κ3) is 3.48. The molecule has 0 spiro atoms. The summed E-state index contributed by atoms with van der Waals surface area (Å²) >= 11 is 0. The number of hydrogen-bond donors (Lipinski definition) is 0. The molecule has 1 unspecified atom stereocenters. The lowest BCUT2D eigenvalue weighted by Crippen LogP contribution is -2.38. The van der Waals surface area contributed by atoms with E-state index in [1.54, 1.807) is 19.5 Å². The maximum atomic E-state index is 12.9. The minimum atomic E-state index is -0.146. The fourth-order valence-electron chi connectivity index (χ4n) is 2.91. The van der Waals surface area contributed by atoms with E-state index in [2.05, 4.69) is 9.88 Å². The van der Waals surface area contributed by atoms with Gasteiger partial charge in [0.15, 0.2) is 5.78 Å². The van der Waals surface area contributed by atoms with Gasteiger partial charge in [-0.2, -0.15) is 0 Å². The molecule has 3 rings (SSSR count). The van der Waals surface area contributed by atoms with Gasteiger partial charge in [-0.1, -0.05) is 18.2 Å². The molecule has 1 aromatic carbocycles. The van der Waals surface area contributed by atoms with Gasteiger partial charge >= 0.3 is 0 Å². The Labute approximate surface area is 136 Å². The highest BCUT2D eigenvalue weighted by Crippen LogP contribution is 2.27. The maximum Gasteiger partial charge on any atom is 0.168 e. The van der Waals surface area contributed by atoms with Crippen LogP contribution in [0.15, 0.2) is 54.4 Å². The highest BCUT2D eigenvalue weighted by Gasteiger charge is 2.30. The van der Waals surface area contributed by atoms with Gasteiger partial charge in [0.25, 0.3) is 0 Å². The average Bonchev–Trinajstić information content (AvgIpc) is 2.59. The number of carbonyl (C=O) groups excluding carboxylic acids is 1. The number of likely N-dealkylation sites (N-methyl/N-ethyl adjacent to an activating group) is 1. The molecular weight excluding hydrogens is 288 g/mol. The van der Waals surface area contributed by atoms with Crippen LogP contribution in [0.3, 0.4) is 0 Å². The molecule has 4 nitrogen and oxygen atoms in total. The van der Waals surface area contributed by atoms with E-state index in [-0.39, 0.29) is 11.7 Å².